The number of carbonyl (C=O) groups excluding carboxylic acids is 2. The standard InChI is InChI=1S/C25H37NO5S.CH4.H2O.2H2/c1-14-7-6-8-20-22(30-20)12-21(16(3)11-19-13-32-18(5)26-19)31-23(27)10-9-15(2)25(29)17(4)24(14)28;;;;/h11,13-15,17,20-22,24,28H,6-10,12H2,1-5H3;1H4;1H2;2*1H/b16-11+;;;;/t14-,15+,17+,20?,21?,22?,24-;;;;/m0..../s1. The second-order valence-corrected chi connectivity index (χ2v) is 10.7. The number of aliphatic hydroxyl groups excluding tert-OH is 1. The van der Waals surface area contributed by atoms with Gasteiger partial charge in [-0.2, -0.15) is 0 Å². The van der Waals surface area contributed by atoms with Crippen molar-refractivity contribution in [2.45, 2.75) is 105 Å². The fraction of sp³-hybridized carbons (Fsp3) is 0.731. The molecule has 198 valence electrons. The summed E-state index contributed by atoms with van der Waals surface area (Å²) in [6.07, 6.45) is 5.15. The Balaban J connectivity index is 0. The molecule has 34 heavy (non-hydrogen) atoms. The number of ether oxygens (including phenoxy) is 2. The van der Waals surface area contributed by atoms with Gasteiger partial charge >= 0.3 is 5.97 Å². The number of Topliss-reactive ketones (excluding diaryl/α,β-unsaturated/α-hetero) is 1. The highest BCUT2D eigenvalue weighted by molar-refractivity contribution is 7.09. The second-order valence-electron chi connectivity index (χ2n) is 9.64. The van der Waals surface area contributed by atoms with Crippen LogP contribution in [0.15, 0.2) is 11.0 Å². The van der Waals surface area contributed by atoms with Crippen LogP contribution in [-0.4, -0.2) is 51.7 Å². The number of esters is 1. The molecular weight excluding hydrogens is 454 g/mol. The molecule has 2 aliphatic heterocycles. The van der Waals surface area contributed by atoms with Crippen LogP contribution >= 0.6 is 11.3 Å². The van der Waals surface area contributed by atoms with E-state index in [-0.39, 0.29) is 64.1 Å². The lowest BCUT2D eigenvalue weighted by molar-refractivity contribution is -0.148. The molecule has 2 fully saturated rings. The summed E-state index contributed by atoms with van der Waals surface area (Å²) in [4.78, 5) is 29.9. The first-order chi connectivity index (χ1) is 15.2. The summed E-state index contributed by atoms with van der Waals surface area (Å²) in [7, 11) is 0. The molecule has 3 N–H and O–H groups in total. The molecular formula is C26H47NO6S. The van der Waals surface area contributed by atoms with Gasteiger partial charge in [0.2, 0.25) is 0 Å². The molecule has 3 heterocycles. The Morgan fingerprint density at radius 2 is 1.91 bits per heavy atom. The van der Waals surface area contributed by atoms with E-state index in [2.05, 4.69) is 4.98 Å². The average Bonchev–Trinajstić information content (AvgIpc) is 3.37. The first-order valence-electron chi connectivity index (χ1n) is 11.8. The van der Waals surface area contributed by atoms with Crippen molar-refractivity contribution in [2.24, 2.45) is 17.8 Å². The highest BCUT2D eigenvalue weighted by atomic mass is 32.1. The molecule has 8 heteroatoms. The van der Waals surface area contributed by atoms with E-state index in [9.17, 15) is 14.7 Å². The molecule has 0 bridgehead atoms. The minimum atomic E-state index is -0.660. The Kier molecular flexibility index (Phi) is 12.1. The lowest BCUT2D eigenvalue weighted by atomic mass is 9.82. The van der Waals surface area contributed by atoms with E-state index in [1.807, 2.05) is 39.2 Å². The predicted octanol–water partition coefficient (Wildman–Crippen LogP) is 5.03. The van der Waals surface area contributed by atoms with Gasteiger partial charge in [0.05, 0.1) is 29.0 Å². The molecule has 7 atom stereocenters. The quantitative estimate of drug-likeness (QED) is 0.448. The Bertz CT molecular complexity index is 848. The van der Waals surface area contributed by atoms with Crippen LogP contribution in [0.25, 0.3) is 6.08 Å². The molecule has 3 unspecified atom stereocenters. The minimum Gasteiger partial charge on any atom is -0.458 e. The van der Waals surface area contributed by atoms with E-state index in [1.165, 1.54) is 0 Å². The number of thiazole rings is 1. The van der Waals surface area contributed by atoms with Crippen LogP contribution in [0.5, 0.6) is 0 Å². The highest BCUT2D eigenvalue weighted by Gasteiger charge is 2.41. The number of aryl methyl sites for hydroxylation is 1. The predicted molar refractivity (Wildman–Crippen MR) is 140 cm³/mol. The summed E-state index contributed by atoms with van der Waals surface area (Å²) in [5.41, 5.74) is 1.83. The number of epoxide rings is 1. The van der Waals surface area contributed by atoms with Crippen LogP contribution in [-0.2, 0) is 19.1 Å². The van der Waals surface area contributed by atoms with Crippen molar-refractivity contribution in [3.63, 3.8) is 0 Å². The largest absolute Gasteiger partial charge is 0.458 e. The zero-order valence-electron chi connectivity index (χ0n) is 20.4. The van der Waals surface area contributed by atoms with E-state index in [1.54, 1.807) is 18.3 Å². The van der Waals surface area contributed by atoms with Crippen LogP contribution in [0.4, 0.5) is 0 Å². The number of aromatic nitrogens is 1. The van der Waals surface area contributed by atoms with Gasteiger partial charge < -0.3 is 20.1 Å². The normalized spacial score (nSPS) is 33.7. The first kappa shape index (κ1) is 30.4. The summed E-state index contributed by atoms with van der Waals surface area (Å²) in [5.74, 6) is -0.968. The van der Waals surface area contributed by atoms with Crippen LogP contribution in [0.2, 0.25) is 0 Å². The maximum atomic E-state index is 12.8. The number of fused-ring (bicyclic) bond motifs is 1. The van der Waals surface area contributed by atoms with E-state index in [0.29, 0.717) is 12.8 Å². The summed E-state index contributed by atoms with van der Waals surface area (Å²) in [6.45, 7) is 9.58. The van der Waals surface area contributed by atoms with E-state index in [4.69, 9.17) is 9.47 Å². The monoisotopic (exact) mass is 501 g/mol. The number of hydrogen-bond acceptors (Lipinski definition) is 7. The Morgan fingerprint density at radius 1 is 1.21 bits per heavy atom. The first-order valence-corrected chi connectivity index (χ1v) is 12.7. The zero-order valence-corrected chi connectivity index (χ0v) is 21.2. The molecule has 0 radical (unpaired) electrons. The summed E-state index contributed by atoms with van der Waals surface area (Å²) in [6, 6.07) is 0. The molecule has 3 rings (SSSR count). The fourth-order valence-corrected chi connectivity index (χ4v) is 5.14. The van der Waals surface area contributed by atoms with Crippen LogP contribution < -0.4 is 0 Å². The SMILES string of the molecule is C.C/C(=C\c1csc(C)n1)C1CC2OC2CCC[C@H](C)[C@H](O)[C@@H](C)C(=O)[C@H](C)CCC(=O)O1.O.[HH].[HH]. The van der Waals surface area contributed by atoms with Gasteiger partial charge in [0.1, 0.15) is 11.9 Å². The number of aliphatic hydroxyl groups is 1. The Hall–Kier alpha value is -1.61. The number of rotatable bonds is 2. The number of nitrogens with zero attached hydrogens (tertiary/aromatic N) is 1. The lowest BCUT2D eigenvalue weighted by Gasteiger charge is -2.26. The molecule has 2 aliphatic rings. The van der Waals surface area contributed by atoms with Crippen molar-refractivity contribution in [3.05, 3.63) is 21.7 Å². The van der Waals surface area contributed by atoms with Gasteiger partial charge in [-0.15, -0.1) is 11.3 Å². The second kappa shape index (κ2) is 13.5. The van der Waals surface area contributed by atoms with Gasteiger partial charge in [-0.05, 0) is 50.7 Å². The molecule has 0 aliphatic carbocycles. The fourth-order valence-electron chi connectivity index (χ4n) is 4.57. The molecule has 2 saturated heterocycles. The van der Waals surface area contributed by atoms with Crippen LogP contribution in [0.1, 0.15) is 87.2 Å². The van der Waals surface area contributed by atoms with Crippen LogP contribution in [0.3, 0.4) is 0 Å². The van der Waals surface area contributed by atoms with E-state index >= 15 is 0 Å². The number of hydrogen-bond donors (Lipinski definition) is 1. The molecule has 0 saturated carbocycles. The summed E-state index contributed by atoms with van der Waals surface area (Å²) < 4.78 is 11.7. The summed E-state index contributed by atoms with van der Waals surface area (Å²) in [5, 5.41) is 13.6. The third-order valence-corrected chi connectivity index (χ3v) is 7.68. The third kappa shape index (κ3) is 8.26. The van der Waals surface area contributed by atoms with Crippen molar-refractivity contribution in [1.29, 1.82) is 0 Å². The summed E-state index contributed by atoms with van der Waals surface area (Å²) >= 11 is 1.59. The number of cyclic esters (lactones) is 1. The maximum absolute atomic E-state index is 12.8. The maximum Gasteiger partial charge on any atom is 0.306 e. The number of carbonyl (C=O) groups is 2. The van der Waals surface area contributed by atoms with Crippen molar-refractivity contribution in [3.8, 4) is 0 Å². The van der Waals surface area contributed by atoms with Gasteiger partial charge in [0.25, 0.3) is 0 Å². The van der Waals surface area contributed by atoms with Gasteiger partial charge in [0.15, 0.2) is 0 Å². The highest BCUT2D eigenvalue weighted by Crippen LogP contribution is 2.35. The van der Waals surface area contributed by atoms with E-state index in [0.717, 1.165) is 35.5 Å². The van der Waals surface area contributed by atoms with Crippen molar-refractivity contribution in [1.82, 2.24) is 4.98 Å². The smallest absolute Gasteiger partial charge is 0.306 e. The van der Waals surface area contributed by atoms with E-state index < -0.39 is 12.0 Å². The van der Waals surface area contributed by atoms with Crippen molar-refractivity contribution in [2.75, 3.05) is 0 Å². The molecule has 1 aromatic heterocycles. The lowest BCUT2D eigenvalue weighted by Crippen LogP contribution is -2.34. The topological polar surface area (TPSA) is 121 Å². The molecule has 1 aromatic rings. The molecule has 7 nitrogen and oxygen atoms in total. The number of ketones is 1. The molecule has 0 amide bonds. The van der Waals surface area contributed by atoms with Gasteiger partial charge in [-0.3, -0.25) is 9.59 Å². The molecule has 0 aromatic carbocycles. The molecule has 0 spiro atoms. The Labute approximate surface area is 211 Å². The van der Waals surface area contributed by atoms with Crippen molar-refractivity contribution < 1.29 is 32.5 Å². The van der Waals surface area contributed by atoms with Gasteiger partial charge in [0, 0.05) is 32.9 Å². The zero-order chi connectivity index (χ0) is 23.4. The average molecular weight is 502 g/mol. The Morgan fingerprint density at radius 3 is 2.56 bits per heavy atom. The van der Waals surface area contributed by atoms with Gasteiger partial charge in [-0.1, -0.05) is 34.6 Å². The van der Waals surface area contributed by atoms with Crippen LogP contribution in [0, 0.1) is 24.7 Å². The third-order valence-electron chi connectivity index (χ3n) is 6.89. The minimum absolute atomic E-state index is 0. The van der Waals surface area contributed by atoms with Crippen molar-refractivity contribution >= 4 is 29.2 Å². The van der Waals surface area contributed by atoms with Gasteiger partial charge in [-0.25, -0.2) is 4.98 Å².